The van der Waals surface area contributed by atoms with E-state index in [1.165, 1.54) is 4.90 Å². The zero-order chi connectivity index (χ0) is 20.4. The van der Waals surface area contributed by atoms with Gasteiger partial charge >= 0.3 is 5.97 Å². The van der Waals surface area contributed by atoms with Crippen molar-refractivity contribution in [2.75, 3.05) is 11.5 Å². The zero-order valence-corrected chi connectivity index (χ0v) is 17.4. The normalized spacial score (nSPS) is 15.5. The molecule has 1 aliphatic rings. The smallest absolute Gasteiger partial charge is 0.340 e. The Morgan fingerprint density at radius 3 is 2.36 bits per heavy atom. The van der Waals surface area contributed by atoms with Crippen LogP contribution >= 0.6 is 34.8 Å². The number of rotatable bonds is 4. The molecule has 0 aromatic heterocycles. The maximum absolute atomic E-state index is 13.2. The fourth-order valence-electron chi connectivity index (χ4n) is 2.95. The SMILES string of the molecule is CCOC(=O)C1=C(C)N(c2ccc(Cl)cc2)C(=O)/C1=C\c1ccc(Cl)c(Cl)c1. The first-order chi connectivity index (χ1) is 13.3. The molecule has 3 rings (SSSR count). The summed E-state index contributed by atoms with van der Waals surface area (Å²) in [6.45, 7) is 3.61. The highest BCUT2D eigenvalue weighted by molar-refractivity contribution is 6.42. The van der Waals surface area contributed by atoms with Crippen molar-refractivity contribution in [3.63, 3.8) is 0 Å². The number of allylic oxidation sites excluding steroid dienone is 1. The molecule has 0 atom stereocenters. The van der Waals surface area contributed by atoms with Gasteiger partial charge in [0.25, 0.3) is 5.91 Å². The van der Waals surface area contributed by atoms with Crippen LogP contribution in [0.15, 0.2) is 59.3 Å². The molecule has 0 bridgehead atoms. The quantitative estimate of drug-likeness (QED) is 0.442. The van der Waals surface area contributed by atoms with Gasteiger partial charge in [-0.25, -0.2) is 4.79 Å². The van der Waals surface area contributed by atoms with Gasteiger partial charge in [0.15, 0.2) is 0 Å². The standard InChI is InChI=1S/C21H16Cl3NO3/c1-3-28-21(27)19-12(2)25(15-7-5-14(22)6-8-15)20(26)16(19)10-13-4-9-17(23)18(24)11-13/h4-11H,3H2,1-2H3/b16-10-. The number of ether oxygens (including phenoxy) is 1. The summed E-state index contributed by atoms with van der Waals surface area (Å²) in [5, 5.41) is 1.31. The highest BCUT2D eigenvalue weighted by Gasteiger charge is 2.38. The molecule has 0 fully saturated rings. The lowest BCUT2D eigenvalue weighted by Gasteiger charge is -2.18. The lowest BCUT2D eigenvalue weighted by atomic mass is 10.0. The minimum Gasteiger partial charge on any atom is -0.462 e. The van der Waals surface area contributed by atoms with Crippen LogP contribution in [-0.2, 0) is 14.3 Å². The van der Waals surface area contributed by atoms with E-state index in [-0.39, 0.29) is 23.7 Å². The summed E-state index contributed by atoms with van der Waals surface area (Å²) in [6, 6.07) is 11.8. The number of halogens is 3. The van der Waals surface area contributed by atoms with Gasteiger partial charge in [0.1, 0.15) is 0 Å². The predicted molar refractivity (Wildman–Crippen MR) is 113 cm³/mol. The molecule has 0 saturated heterocycles. The molecule has 2 aromatic rings. The number of hydrogen-bond donors (Lipinski definition) is 0. The second kappa shape index (κ2) is 8.39. The number of hydrogen-bond acceptors (Lipinski definition) is 3. The molecule has 28 heavy (non-hydrogen) atoms. The highest BCUT2D eigenvalue weighted by atomic mass is 35.5. The Balaban J connectivity index is 2.13. The Labute approximate surface area is 177 Å². The van der Waals surface area contributed by atoms with Crippen LogP contribution in [0.4, 0.5) is 5.69 Å². The zero-order valence-electron chi connectivity index (χ0n) is 15.1. The van der Waals surface area contributed by atoms with Crippen molar-refractivity contribution < 1.29 is 14.3 Å². The Kier molecular flexibility index (Phi) is 6.14. The third-order valence-electron chi connectivity index (χ3n) is 4.22. The number of nitrogens with zero attached hydrogens (tertiary/aromatic N) is 1. The number of esters is 1. The van der Waals surface area contributed by atoms with Gasteiger partial charge in [0, 0.05) is 16.4 Å². The van der Waals surface area contributed by atoms with Crippen LogP contribution in [0.5, 0.6) is 0 Å². The van der Waals surface area contributed by atoms with Crippen molar-refractivity contribution in [2.24, 2.45) is 0 Å². The second-order valence-corrected chi connectivity index (χ2v) is 7.28. The average molecular weight is 437 g/mol. The van der Waals surface area contributed by atoms with Crippen LogP contribution in [-0.4, -0.2) is 18.5 Å². The summed E-state index contributed by atoms with van der Waals surface area (Å²) in [5.41, 5.74) is 2.17. The van der Waals surface area contributed by atoms with Crippen LogP contribution in [0.3, 0.4) is 0 Å². The average Bonchev–Trinajstić information content (AvgIpc) is 2.89. The van der Waals surface area contributed by atoms with Crippen molar-refractivity contribution in [3.8, 4) is 0 Å². The summed E-state index contributed by atoms with van der Waals surface area (Å²) < 4.78 is 5.17. The molecule has 144 valence electrons. The maximum Gasteiger partial charge on any atom is 0.340 e. The number of anilines is 1. The van der Waals surface area contributed by atoms with E-state index in [4.69, 9.17) is 39.5 Å². The number of amides is 1. The van der Waals surface area contributed by atoms with Gasteiger partial charge in [-0.05, 0) is 61.9 Å². The fraction of sp³-hybridized carbons (Fsp3) is 0.143. The topological polar surface area (TPSA) is 46.6 Å². The third-order valence-corrected chi connectivity index (χ3v) is 5.21. The lowest BCUT2D eigenvalue weighted by molar-refractivity contribution is -0.138. The molecule has 0 aliphatic carbocycles. The summed E-state index contributed by atoms with van der Waals surface area (Å²) in [7, 11) is 0. The summed E-state index contributed by atoms with van der Waals surface area (Å²) in [4.78, 5) is 27.2. The van der Waals surface area contributed by atoms with E-state index in [0.717, 1.165) is 0 Å². The van der Waals surface area contributed by atoms with E-state index >= 15 is 0 Å². The Morgan fingerprint density at radius 1 is 1.07 bits per heavy atom. The molecule has 0 unspecified atom stereocenters. The van der Waals surface area contributed by atoms with Crippen LogP contribution in [0.1, 0.15) is 19.4 Å². The first-order valence-electron chi connectivity index (χ1n) is 8.48. The van der Waals surface area contributed by atoms with Gasteiger partial charge in [-0.2, -0.15) is 0 Å². The van der Waals surface area contributed by atoms with E-state index in [1.807, 2.05) is 0 Å². The minimum atomic E-state index is -0.559. The number of benzene rings is 2. The van der Waals surface area contributed by atoms with E-state index in [0.29, 0.717) is 32.0 Å². The molecule has 2 aromatic carbocycles. The van der Waals surface area contributed by atoms with Crippen molar-refractivity contribution >= 4 is 58.4 Å². The number of carbonyl (C=O) groups excluding carboxylic acids is 2. The molecular weight excluding hydrogens is 421 g/mol. The summed E-state index contributed by atoms with van der Waals surface area (Å²) >= 11 is 18.0. The predicted octanol–water partition coefficient (Wildman–Crippen LogP) is 5.91. The maximum atomic E-state index is 13.2. The van der Waals surface area contributed by atoms with Gasteiger partial charge in [-0.15, -0.1) is 0 Å². The lowest BCUT2D eigenvalue weighted by Crippen LogP contribution is -2.24. The van der Waals surface area contributed by atoms with Crippen molar-refractivity contribution in [1.82, 2.24) is 0 Å². The third kappa shape index (κ3) is 3.95. The van der Waals surface area contributed by atoms with Crippen LogP contribution in [0.25, 0.3) is 6.08 Å². The van der Waals surface area contributed by atoms with Gasteiger partial charge in [0.2, 0.25) is 0 Å². The van der Waals surface area contributed by atoms with Gasteiger partial charge in [0.05, 0.1) is 27.8 Å². The first-order valence-corrected chi connectivity index (χ1v) is 9.62. The fourth-order valence-corrected chi connectivity index (χ4v) is 3.38. The monoisotopic (exact) mass is 435 g/mol. The van der Waals surface area contributed by atoms with E-state index in [2.05, 4.69) is 0 Å². The molecule has 0 N–H and O–H groups in total. The highest BCUT2D eigenvalue weighted by Crippen LogP contribution is 2.36. The molecule has 0 radical (unpaired) electrons. The van der Waals surface area contributed by atoms with Crippen LogP contribution < -0.4 is 4.90 Å². The summed E-state index contributed by atoms with van der Waals surface area (Å²) in [5.74, 6) is -0.898. The molecule has 1 heterocycles. The second-order valence-electron chi connectivity index (χ2n) is 6.03. The molecule has 0 spiro atoms. The Morgan fingerprint density at radius 2 is 1.75 bits per heavy atom. The Hall–Kier alpha value is -2.27. The molecule has 4 nitrogen and oxygen atoms in total. The minimum absolute atomic E-state index is 0.199. The van der Waals surface area contributed by atoms with E-state index < -0.39 is 5.97 Å². The van der Waals surface area contributed by atoms with E-state index in [9.17, 15) is 9.59 Å². The molecule has 1 aliphatic heterocycles. The van der Waals surface area contributed by atoms with Gasteiger partial charge in [-0.3, -0.25) is 9.69 Å². The molecule has 0 saturated carbocycles. The molecular formula is C21H16Cl3NO3. The van der Waals surface area contributed by atoms with Crippen molar-refractivity contribution in [3.05, 3.63) is 79.9 Å². The van der Waals surface area contributed by atoms with E-state index in [1.54, 1.807) is 62.4 Å². The molecule has 7 heteroatoms. The van der Waals surface area contributed by atoms with Gasteiger partial charge in [-0.1, -0.05) is 40.9 Å². The van der Waals surface area contributed by atoms with Crippen LogP contribution in [0, 0.1) is 0 Å². The van der Waals surface area contributed by atoms with Crippen molar-refractivity contribution in [1.29, 1.82) is 0 Å². The largest absolute Gasteiger partial charge is 0.462 e. The number of carbonyl (C=O) groups is 2. The van der Waals surface area contributed by atoms with Crippen LogP contribution in [0.2, 0.25) is 15.1 Å². The van der Waals surface area contributed by atoms with Gasteiger partial charge < -0.3 is 4.74 Å². The van der Waals surface area contributed by atoms with Crippen molar-refractivity contribution in [2.45, 2.75) is 13.8 Å². The Bertz CT molecular complexity index is 1010. The summed E-state index contributed by atoms with van der Waals surface area (Å²) in [6.07, 6.45) is 1.61. The molecule has 1 amide bonds. The first kappa shape index (κ1) is 20.5.